The summed E-state index contributed by atoms with van der Waals surface area (Å²) >= 11 is 3.47. The highest BCUT2D eigenvalue weighted by atomic mass is 79.9. The van der Waals surface area contributed by atoms with Crippen LogP contribution in [0.2, 0.25) is 0 Å². The molecule has 0 aliphatic carbocycles. The molecular formula is C30H30BrN4O+. The highest BCUT2D eigenvalue weighted by Gasteiger charge is 2.30. The molecule has 0 aliphatic rings. The summed E-state index contributed by atoms with van der Waals surface area (Å²) in [4.78, 5) is 19.9. The monoisotopic (exact) mass is 541 g/mol. The number of likely N-dealkylation sites (N-methyl/N-ethyl adjacent to an activating group) is 1. The lowest BCUT2D eigenvalue weighted by Crippen LogP contribution is -2.40. The Morgan fingerprint density at radius 3 is 2.39 bits per heavy atom. The minimum Gasteiger partial charge on any atom is -0.301 e. The molecular weight excluding hydrogens is 512 g/mol. The first kappa shape index (κ1) is 24.2. The van der Waals surface area contributed by atoms with Gasteiger partial charge in [-0.25, -0.2) is 9.55 Å². The molecule has 0 radical (unpaired) electrons. The average Bonchev–Trinajstić information content (AvgIpc) is 3.45. The Balaban J connectivity index is 1.68. The van der Waals surface area contributed by atoms with Crippen LogP contribution in [-0.4, -0.2) is 39.7 Å². The average molecular weight is 543 g/mol. The Morgan fingerprint density at radius 1 is 0.972 bits per heavy atom. The quantitative estimate of drug-likeness (QED) is 0.134. The Labute approximate surface area is 219 Å². The number of fused-ring (bicyclic) bond motifs is 3. The van der Waals surface area contributed by atoms with Crippen LogP contribution in [0.3, 0.4) is 0 Å². The summed E-state index contributed by atoms with van der Waals surface area (Å²) in [6.07, 6.45) is 3.55. The molecule has 2 heterocycles. The molecule has 5 nitrogen and oxygen atoms in total. The normalized spacial score (nSPS) is 11.9. The van der Waals surface area contributed by atoms with E-state index in [0.717, 1.165) is 64.3 Å². The van der Waals surface area contributed by atoms with Gasteiger partial charge in [0, 0.05) is 16.6 Å². The van der Waals surface area contributed by atoms with Gasteiger partial charge in [0.05, 0.1) is 6.54 Å². The summed E-state index contributed by atoms with van der Waals surface area (Å²) in [5, 5.41) is 0. The summed E-state index contributed by atoms with van der Waals surface area (Å²) in [5.74, 6) is 0.877. The highest BCUT2D eigenvalue weighted by molar-refractivity contribution is 9.10. The third-order valence-corrected chi connectivity index (χ3v) is 7.23. The van der Waals surface area contributed by atoms with Gasteiger partial charge in [0.15, 0.2) is 5.69 Å². The smallest absolute Gasteiger partial charge is 0.301 e. The lowest BCUT2D eigenvalue weighted by Gasteiger charge is -2.16. The van der Waals surface area contributed by atoms with Crippen molar-refractivity contribution in [3.8, 4) is 11.3 Å². The molecule has 1 N–H and O–H groups in total. The first-order valence-corrected chi connectivity index (χ1v) is 13.2. The molecule has 0 fully saturated rings. The Kier molecular flexibility index (Phi) is 7.16. The van der Waals surface area contributed by atoms with Gasteiger partial charge < -0.3 is 4.90 Å². The van der Waals surface area contributed by atoms with E-state index in [1.807, 2.05) is 66.7 Å². The molecule has 2 aromatic heterocycles. The zero-order valence-electron chi connectivity index (χ0n) is 20.6. The Bertz CT molecular complexity index is 1530. The predicted octanol–water partition coefficient (Wildman–Crippen LogP) is 6.38. The van der Waals surface area contributed by atoms with Crippen LogP contribution in [0.4, 0.5) is 0 Å². The molecule has 3 aromatic carbocycles. The van der Waals surface area contributed by atoms with Crippen LogP contribution >= 0.6 is 15.9 Å². The minimum absolute atomic E-state index is 0.0420. The molecule has 182 valence electrons. The second-order valence-electron chi connectivity index (χ2n) is 8.79. The van der Waals surface area contributed by atoms with E-state index >= 15 is 0 Å². The lowest BCUT2D eigenvalue weighted by molar-refractivity contribution is -0.647. The van der Waals surface area contributed by atoms with Crippen LogP contribution in [0.25, 0.3) is 34.1 Å². The summed E-state index contributed by atoms with van der Waals surface area (Å²) < 4.78 is 5.40. The van der Waals surface area contributed by atoms with Crippen LogP contribution in [-0.2, 0) is 6.54 Å². The van der Waals surface area contributed by atoms with Crippen molar-refractivity contribution in [3.05, 3.63) is 101 Å². The third kappa shape index (κ3) is 4.66. The second kappa shape index (κ2) is 10.6. The molecule has 0 atom stereocenters. The van der Waals surface area contributed by atoms with Crippen molar-refractivity contribution in [2.45, 2.75) is 20.4 Å². The first-order valence-electron chi connectivity index (χ1n) is 12.4. The van der Waals surface area contributed by atoms with Crippen LogP contribution in [0, 0.1) is 0 Å². The number of halogens is 1. The van der Waals surface area contributed by atoms with Crippen LogP contribution in [0.1, 0.15) is 29.9 Å². The molecule has 0 saturated carbocycles. The summed E-state index contributed by atoms with van der Waals surface area (Å²) in [6, 6.07) is 26.3. The topological polar surface area (TPSA) is 44.4 Å². The number of carbonyl (C=O) groups is 1. The number of hydrogen-bond donors (Lipinski definition) is 1. The fraction of sp³-hybridized carbons (Fsp3) is 0.200. The van der Waals surface area contributed by atoms with Crippen molar-refractivity contribution in [1.29, 1.82) is 0 Å². The van der Waals surface area contributed by atoms with Crippen LogP contribution in [0.15, 0.2) is 89.4 Å². The van der Waals surface area contributed by atoms with Crippen LogP contribution in [0.5, 0.6) is 0 Å². The largest absolute Gasteiger partial charge is 0.368 e. The van der Waals surface area contributed by atoms with E-state index in [0.29, 0.717) is 5.69 Å². The molecule has 0 unspecified atom stereocenters. The van der Waals surface area contributed by atoms with E-state index < -0.39 is 0 Å². The maximum atomic E-state index is 13.8. The number of benzene rings is 3. The van der Waals surface area contributed by atoms with Gasteiger partial charge in [0.2, 0.25) is 5.78 Å². The van der Waals surface area contributed by atoms with Crippen molar-refractivity contribution in [3.63, 3.8) is 0 Å². The second-order valence-corrected chi connectivity index (χ2v) is 9.71. The Hall–Kier alpha value is -3.48. The van der Waals surface area contributed by atoms with Gasteiger partial charge >= 0.3 is 5.78 Å². The van der Waals surface area contributed by atoms with Crippen molar-refractivity contribution in [2.75, 3.05) is 19.6 Å². The van der Waals surface area contributed by atoms with E-state index in [4.69, 9.17) is 0 Å². The van der Waals surface area contributed by atoms with Gasteiger partial charge in [-0.05, 0) is 49.0 Å². The zero-order chi connectivity index (χ0) is 25.1. The number of imidazole rings is 2. The number of H-pyrrole nitrogens is 1. The van der Waals surface area contributed by atoms with Crippen molar-refractivity contribution in [2.24, 2.45) is 0 Å². The number of aromatic amines is 1. The maximum absolute atomic E-state index is 13.8. The number of nitrogens with zero attached hydrogens (tertiary/aromatic N) is 3. The van der Waals surface area contributed by atoms with E-state index in [9.17, 15) is 4.79 Å². The number of carbonyl (C=O) groups excluding carboxylic acids is 1. The fourth-order valence-corrected chi connectivity index (χ4v) is 5.01. The molecule has 5 aromatic rings. The van der Waals surface area contributed by atoms with Gasteiger partial charge in [0.25, 0.3) is 0 Å². The van der Waals surface area contributed by atoms with Gasteiger partial charge in [-0.1, -0.05) is 90.5 Å². The lowest BCUT2D eigenvalue weighted by atomic mass is 10.1. The standard InChI is InChI=1S/C30H29BrN4O/c1-3-33(4-2)20-21-34-25-12-8-9-13-26(25)35-29(27(36)19-16-22-14-17-24(31)18-15-22)28(32-30(34)35)23-10-6-5-7-11-23/h5-19H,3-4,20-21H2,1-2H3/p+1. The van der Waals surface area contributed by atoms with Gasteiger partial charge in [-0.15, -0.1) is 0 Å². The summed E-state index contributed by atoms with van der Waals surface area (Å²) in [7, 11) is 0. The number of hydrogen-bond acceptors (Lipinski definition) is 2. The Morgan fingerprint density at radius 2 is 1.67 bits per heavy atom. The number of allylic oxidation sites excluding steroid dienone is 1. The zero-order valence-corrected chi connectivity index (χ0v) is 22.2. The third-order valence-electron chi connectivity index (χ3n) is 6.71. The molecule has 0 amide bonds. The van der Waals surface area contributed by atoms with Crippen LogP contribution < -0.4 is 4.57 Å². The van der Waals surface area contributed by atoms with Crippen molar-refractivity contribution >= 4 is 44.6 Å². The number of rotatable bonds is 9. The number of nitrogens with one attached hydrogen (secondary N) is 1. The van der Waals surface area contributed by atoms with Gasteiger partial charge in [-0.2, -0.15) is 4.40 Å². The van der Waals surface area contributed by atoms with E-state index in [1.54, 1.807) is 6.08 Å². The summed E-state index contributed by atoms with van der Waals surface area (Å²) in [5.41, 5.74) is 5.57. The maximum Gasteiger partial charge on any atom is 0.368 e. The number of para-hydroxylation sites is 2. The number of aromatic nitrogens is 3. The van der Waals surface area contributed by atoms with Gasteiger partial charge in [-0.3, -0.25) is 4.79 Å². The molecule has 6 heteroatoms. The molecule has 5 rings (SSSR count). The first-order chi connectivity index (χ1) is 17.6. The molecule has 36 heavy (non-hydrogen) atoms. The number of ketones is 1. The highest BCUT2D eigenvalue weighted by Crippen LogP contribution is 2.28. The van der Waals surface area contributed by atoms with E-state index in [-0.39, 0.29) is 5.78 Å². The SMILES string of the molecule is CCN(CC)CC[n+]1c2ccccc2n2c(C(=O)C=Cc3ccc(Br)cc3)c(-c3ccccc3)[nH]c21. The van der Waals surface area contributed by atoms with Crippen molar-refractivity contribution in [1.82, 2.24) is 14.3 Å². The van der Waals surface area contributed by atoms with Crippen molar-refractivity contribution < 1.29 is 9.36 Å². The predicted molar refractivity (Wildman–Crippen MR) is 150 cm³/mol. The minimum atomic E-state index is -0.0420. The summed E-state index contributed by atoms with van der Waals surface area (Å²) in [6.45, 7) is 8.17. The fourth-order valence-electron chi connectivity index (χ4n) is 4.74. The molecule has 0 saturated heterocycles. The van der Waals surface area contributed by atoms with E-state index in [2.05, 4.69) is 66.8 Å². The van der Waals surface area contributed by atoms with Gasteiger partial charge in [0.1, 0.15) is 16.7 Å². The van der Waals surface area contributed by atoms with E-state index in [1.165, 1.54) is 0 Å². The molecule has 0 bridgehead atoms. The molecule has 0 aliphatic heterocycles. The molecule has 0 spiro atoms.